The van der Waals surface area contributed by atoms with E-state index in [-0.39, 0.29) is 13.0 Å². The van der Waals surface area contributed by atoms with E-state index in [2.05, 4.69) is 10.3 Å². The van der Waals surface area contributed by atoms with Crippen molar-refractivity contribution in [3.8, 4) is 0 Å². The number of fused-ring (bicyclic) bond motifs is 1. The average molecular weight is 435 g/mol. The number of aromatic nitrogens is 1. The largest absolute Gasteiger partial charge is 0.480 e. The van der Waals surface area contributed by atoms with Gasteiger partial charge in [0.1, 0.15) is 18.7 Å². The van der Waals surface area contributed by atoms with Crippen LogP contribution in [0.1, 0.15) is 24.0 Å². The highest BCUT2D eigenvalue weighted by Gasteiger charge is 2.37. The highest BCUT2D eigenvalue weighted by atomic mass is 16.6. The summed E-state index contributed by atoms with van der Waals surface area (Å²) in [5, 5.41) is 13.2. The summed E-state index contributed by atoms with van der Waals surface area (Å²) in [6.07, 6.45) is 2.44. The number of hydrogen-bond acceptors (Lipinski definition) is 4. The summed E-state index contributed by atoms with van der Waals surface area (Å²) >= 11 is 0. The molecule has 8 nitrogen and oxygen atoms in total. The Bertz CT molecular complexity index is 1110. The summed E-state index contributed by atoms with van der Waals surface area (Å²) < 4.78 is 5.36. The molecule has 0 aliphatic carbocycles. The van der Waals surface area contributed by atoms with E-state index in [9.17, 15) is 19.5 Å². The Balaban J connectivity index is 1.40. The quantitative estimate of drug-likeness (QED) is 0.528. The third kappa shape index (κ3) is 4.74. The van der Waals surface area contributed by atoms with Gasteiger partial charge < -0.3 is 20.1 Å². The van der Waals surface area contributed by atoms with Crippen LogP contribution in [0.3, 0.4) is 0 Å². The number of nitrogens with one attached hydrogen (secondary N) is 2. The standard InChI is InChI=1S/C24H25N3O5/c28-22(21-11-6-12-27(21)24(31)32-15-16-7-2-1-3-8-16)26-20(23(29)30)13-17-14-25-19-10-5-4-9-18(17)19/h1-5,7-10,14,20-21,25H,6,11-13,15H2,(H,26,28)(H,29,30)/t20-,21+/m1/s1. The number of aromatic amines is 1. The van der Waals surface area contributed by atoms with Crippen LogP contribution in [0.5, 0.6) is 0 Å². The van der Waals surface area contributed by atoms with Gasteiger partial charge in [-0.05, 0) is 30.0 Å². The molecule has 1 fully saturated rings. The first kappa shape index (κ1) is 21.4. The number of carboxylic acid groups (broad SMARTS) is 1. The molecule has 2 aromatic carbocycles. The molecule has 1 saturated heterocycles. The van der Waals surface area contributed by atoms with Crippen molar-refractivity contribution in [2.75, 3.05) is 6.54 Å². The van der Waals surface area contributed by atoms with Crippen LogP contribution in [0.2, 0.25) is 0 Å². The molecular formula is C24H25N3O5. The second kappa shape index (κ2) is 9.55. The van der Waals surface area contributed by atoms with Gasteiger partial charge in [0.05, 0.1) is 0 Å². The Kier molecular flexibility index (Phi) is 6.39. The molecule has 0 unspecified atom stereocenters. The maximum Gasteiger partial charge on any atom is 0.410 e. The molecule has 3 aromatic rings. The number of carbonyl (C=O) groups is 3. The van der Waals surface area contributed by atoms with Gasteiger partial charge in [0, 0.05) is 30.1 Å². The topological polar surface area (TPSA) is 112 Å². The molecule has 3 N–H and O–H groups in total. The van der Waals surface area contributed by atoms with Gasteiger partial charge in [-0.15, -0.1) is 0 Å². The fourth-order valence-electron chi connectivity index (χ4n) is 4.05. The number of para-hydroxylation sites is 1. The summed E-state index contributed by atoms with van der Waals surface area (Å²) in [5.41, 5.74) is 2.56. The summed E-state index contributed by atoms with van der Waals surface area (Å²) in [4.78, 5) is 41.8. The van der Waals surface area contributed by atoms with Crippen LogP contribution < -0.4 is 5.32 Å². The lowest BCUT2D eigenvalue weighted by molar-refractivity contribution is -0.142. The van der Waals surface area contributed by atoms with Crippen LogP contribution in [0, 0.1) is 0 Å². The Morgan fingerprint density at radius 1 is 1.12 bits per heavy atom. The summed E-state index contributed by atoms with van der Waals surface area (Å²) in [7, 11) is 0. The van der Waals surface area contributed by atoms with Crippen LogP contribution in [0.4, 0.5) is 4.79 Å². The first-order valence-corrected chi connectivity index (χ1v) is 10.6. The zero-order valence-corrected chi connectivity index (χ0v) is 17.5. The molecule has 0 spiro atoms. The number of carbonyl (C=O) groups excluding carboxylic acids is 2. The van der Waals surface area contributed by atoms with Gasteiger partial charge in [-0.25, -0.2) is 9.59 Å². The van der Waals surface area contributed by atoms with Crippen molar-refractivity contribution in [3.05, 3.63) is 71.9 Å². The second-order valence-corrected chi connectivity index (χ2v) is 7.85. The van der Waals surface area contributed by atoms with E-state index in [0.29, 0.717) is 19.4 Å². The molecule has 32 heavy (non-hydrogen) atoms. The van der Waals surface area contributed by atoms with Crippen molar-refractivity contribution in [1.82, 2.24) is 15.2 Å². The van der Waals surface area contributed by atoms with Crippen molar-refractivity contribution < 1.29 is 24.2 Å². The molecular weight excluding hydrogens is 410 g/mol. The molecule has 166 valence electrons. The molecule has 2 heterocycles. The number of ether oxygens (including phenoxy) is 1. The fraction of sp³-hybridized carbons (Fsp3) is 0.292. The number of benzene rings is 2. The Morgan fingerprint density at radius 3 is 2.66 bits per heavy atom. The lowest BCUT2D eigenvalue weighted by atomic mass is 10.0. The van der Waals surface area contributed by atoms with E-state index >= 15 is 0 Å². The normalized spacial score (nSPS) is 16.6. The number of aliphatic carboxylic acids is 1. The van der Waals surface area contributed by atoms with E-state index in [0.717, 1.165) is 22.0 Å². The van der Waals surface area contributed by atoms with Gasteiger partial charge in [-0.3, -0.25) is 9.69 Å². The van der Waals surface area contributed by atoms with Crippen LogP contribution in [0.15, 0.2) is 60.8 Å². The van der Waals surface area contributed by atoms with Gasteiger partial charge in [0.2, 0.25) is 5.91 Å². The van der Waals surface area contributed by atoms with Crippen molar-refractivity contribution in [1.29, 1.82) is 0 Å². The molecule has 2 atom stereocenters. The minimum Gasteiger partial charge on any atom is -0.480 e. The van der Waals surface area contributed by atoms with Gasteiger partial charge in [0.15, 0.2) is 0 Å². The predicted octanol–water partition coefficient (Wildman–Crippen LogP) is 3.08. The highest BCUT2D eigenvalue weighted by Crippen LogP contribution is 2.21. The Labute approximate surface area is 185 Å². The first-order valence-electron chi connectivity index (χ1n) is 10.6. The van der Waals surface area contributed by atoms with Crippen molar-refractivity contribution in [2.45, 2.75) is 38.0 Å². The second-order valence-electron chi connectivity index (χ2n) is 7.85. The summed E-state index contributed by atoms with van der Waals surface area (Å²) in [6, 6.07) is 15.0. The van der Waals surface area contributed by atoms with E-state index in [4.69, 9.17) is 4.74 Å². The first-order chi connectivity index (χ1) is 15.5. The fourth-order valence-corrected chi connectivity index (χ4v) is 4.05. The highest BCUT2D eigenvalue weighted by molar-refractivity contribution is 5.90. The van der Waals surface area contributed by atoms with Crippen molar-refractivity contribution in [2.24, 2.45) is 0 Å². The maximum atomic E-state index is 12.9. The smallest absolute Gasteiger partial charge is 0.410 e. The number of rotatable bonds is 7. The van der Waals surface area contributed by atoms with Crippen LogP contribution >= 0.6 is 0 Å². The predicted molar refractivity (Wildman–Crippen MR) is 118 cm³/mol. The average Bonchev–Trinajstić information content (AvgIpc) is 3.45. The Morgan fingerprint density at radius 2 is 1.88 bits per heavy atom. The SMILES string of the molecule is O=C(O)[C@@H](Cc1c[nH]c2ccccc12)NC(=O)[C@@H]1CCCN1C(=O)OCc1ccccc1. The molecule has 1 aliphatic heterocycles. The molecule has 0 radical (unpaired) electrons. The molecule has 2 amide bonds. The molecule has 1 aromatic heterocycles. The molecule has 1 aliphatic rings. The van der Waals surface area contributed by atoms with Gasteiger partial charge in [0.25, 0.3) is 0 Å². The lowest BCUT2D eigenvalue weighted by Gasteiger charge is -2.25. The maximum absolute atomic E-state index is 12.9. The number of carboxylic acids is 1. The van der Waals surface area contributed by atoms with Crippen LogP contribution in [-0.2, 0) is 27.4 Å². The Hall–Kier alpha value is -3.81. The monoisotopic (exact) mass is 435 g/mol. The third-order valence-electron chi connectivity index (χ3n) is 5.71. The van der Waals surface area contributed by atoms with E-state index < -0.39 is 30.1 Å². The number of nitrogens with zero attached hydrogens (tertiary/aromatic N) is 1. The summed E-state index contributed by atoms with van der Waals surface area (Å²) in [6.45, 7) is 0.509. The van der Waals surface area contributed by atoms with E-state index in [1.807, 2.05) is 54.6 Å². The number of H-pyrrole nitrogens is 1. The van der Waals surface area contributed by atoms with Gasteiger partial charge in [-0.2, -0.15) is 0 Å². The number of hydrogen-bond donors (Lipinski definition) is 3. The lowest BCUT2D eigenvalue weighted by Crippen LogP contribution is -2.51. The van der Waals surface area contributed by atoms with Gasteiger partial charge >= 0.3 is 12.1 Å². The minimum atomic E-state index is -1.13. The van der Waals surface area contributed by atoms with Crippen LogP contribution in [0.25, 0.3) is 10.9 Å². The van der Waals surface area contributed by atoms with Gasteiger partial charge in [-0.1, -0.05) is 48.5 Å². The van der Waals surface area contributed by atoms with Crippen molar-refractivity contribution in [3.63, 3.8) is 0 Å². The zero-order valence-electron chi connectivity index (χ0n) is 17.5. The van der Waals surface area contributed by atoms with Crippen LogP contribution in [-0.4, -0.2) is 51.6 Å². The van der Waals surface area contributed by atoms with Crippen molar-refractivity contribution >= 4 is 28.9 Å². The third-order valence-corrected chi connectivity index (χ3v) is 5.71. The summed E-state index contributed by atoms with van der Waals surface area (Å²) in [5.74, 6) is -1.61. The van der Waals surface area contributed by atoms with E-state index in [1.165, 1.54) is 4.90 Å². The number of likely N-dealkylation sites (tertiary alicyclic amines) is 1. The zero-order chi connectivity index (χ0) is 22.5. The number of amides is 2. The molecule has 8 heteroatoms. The molecule has 0 saturated carbocycles. The van der Waals surface area contributed by atoms with E-state index in [1.54, 1.807) is 6.20 Å². The molecule has 4 rings (SSSR count). The molecule has 0 bridgehead atoms. The minimum absolute atomic E-state index is 0.114.